The van der Waals surface area contributed by atoms with Gasteiger partial charge in [0, 0.05) is 17.7 Å². The average molecular weight is 298 g/mol. The fourth-order valence-corrected chi connectivity index (χ4v) is 2.27. The minimum atomic E-state index is -1.08. The third-order valence-electron chi connectivity index (χ3n) is 2.35. The first kappa shape index (κ1) is 16.0. The second-order valence-corrected chi connectivity index (χ2v) is 4.75. The van der Waals surface area contributed by atoms with Crippen molar-refractivity contribution in [3.05, 3.63) is 29.6 Å². The predicted octanol–water partition coefficient (Wildman–Crippen LogP) is 0.301. The minimum absolute atomic E-state index is 0.231. The van der Waals surface area contributed by atoms with E-state index in [1.54, 1.807) is 12.1 Å². The van der Waals surface area contributed by atoms with Gasteiger partial charge in [-0.05, 0) is 12.1 Å². The van der Waals surface area contributed by atoms with Crippen LogP contribution in [-0.4, -0.2) is 47.3 Å². The number of hydrogen-bond donors (Lipinski definition) is 2. The lowest BCUT2D eigenvalue weighted by atomic mass is 10.2. The molecule has 0 saturated carbocycles. The molecule has 0 aliphatic heterocycles. The van der Waals surface area contributed by atoms with Gasteiger partial charge in [0.15, 0.2) is 0 Å². The van der Waals surface area contributed by atoms with Crippen molar-refractivity contribution in [1.82, 2.24) is 10.3 Å². The molecule has 1 atom stereocenters. The summed E-state index contributed by atoms with van der Waals surface area (Å²) in [6.45, 7) is 0. The van der Waals surface area contributed by atoms with E-state index in [-0.39, 0.29) is 5.75 Å². The van der Waals surface area contributed by atoms with Crippen LogP contribution in [-0.2, 0) is 20.1 Å². The van der Waals surface area contributed by atoms with Gasteiger partial charge in [0.25, 0.3) is 0 Å². The molecule has 0 radical (unpaired) electrons. The summed E-state index contributed by atoms with van der Waals surface area (Å²) in [5.41, 5.74) is 1.06. The lowest BCUT2D eigenvalue weighted by molar-refractivity contribution is -0.139. The highest BCUT2D eigenvalue weighted by atomic mass is 32.2. The SMILES string of the molecule is COC(=O)c1ccc(CSCC(NC=O)C(=O)O)nc1. The van der Waals surface area contributed by atoms with Crippen LogP contribution in [0.4, 0.5) is 0 Å². The lowest BCUT2D eigenvalue weighted by Gasteiger charge is -2.10. The largest absolute Gasteiger partial charge is 0.480 e. The number of aliphatic carboxylic acids is 1. The quantitative estimate of drug-likeness (QED) is 0.525. The number of methoxy groups -OCH3 is 1. The van der Waals surface area contributed by atoms with Gasteiger partial charge < -0.3 is 15.2 Å². The standard InChI is InChI=1S/C12H14N2O5S/c1-19-12(18)8-2-3-9(13-4-8)5-20-6-10(11(16)17)14-7-15/h2-4,7,10H,5-6H2,1H3,(H,14,15)(H,16,17). The number of carbonyl (C=O) groups excluding carboxylic acids is 2. The fourth-order valence-electron chi connectivity index (χ4n) is 1.30. The zero-order valence-corrected chi connectivity index (χ0v) is 11.6. The molecule has 1 heterocycles. The van der Waals surface area contributed by atoms with Crippen LogP contribution in [0.1, 0.15) is 16.1 Å². The number of carboxylic acid groups (broad SMARTS) is 1. The molecule has 0 fully saturated rings. The van der Waals surface area contributed by atoms with Crippen molar-refractivity contribution in [2.45, 2.75) is 11.8 Å². The molecule has 20 heavy (non-hydrogen) atoms. The van der Waals surface area contributed by atoms with Crippen LogP contribution in [0.3, 0.4) is 0 Å². The fraction of sp³-hybridized carbons (Fsp3) is 0.333. The van der Waals surface area contributed by atoms with Crippen LogP contribution in [0.25, 0.3) is 0 Å². The van der Waals surface area contributed by atoms with Crippen LogP contribution in [0.2, 0.25) is 0 Å². The summed E-state index contributed by atoms with van der Waals surface area (Å²) in [6, 6.07) is 2.33. The van der Waals surface area contributed by atoms with E-state index in [0.29, 0.717) is 23.4 Å². The molecule has 0 saturated heterocycles. The van der Waals surface area contributed by atoms with Crippen LogP contribution >= 0.6 is 11.8 Å². The van der Waals surface area contributed by atoms with Gasteiger partial charge >= 0.3 is 11.9 Å². The topological polar surface area (TPSA) is 106 Å². The summed E-state index contributed by atoms with van der Waals surface area (Å²) < 4.78 is 4.55. The Kier molecular flexibility index (Phi) is 6.51. The molecule has 8 heteroatoms. The Bertz CT molecular complexity index is 477. The smallest absolute Gasteiger partial charge is 0.339 e. The number of thioether (sulfide) groups is 1. The molecule has 1 rings (SSSR count). The summed E-state index contributed by atoms with van der Waals surface area (Å²) in [5.74, 6) is -0.836. The zero-order chi connectivity index (χ0) is 15.0. The molecule has 1 unspecified atom stereocenters. The molecule has 1 aromatic rings. The zero-order valence-electron chi connectivity index (χ0n) is 10.7. The Morgan fingerprint density at radius 1 is 1.55 bits per heavy atom. The number of aromatic nitrogens is 1. The molecular weight excluding hydrogens is 284 g/mol. The number of pyridine rings is 1. The number of amides is 1. The Hall–Kier alpha value is -2.09. The van der Waals surface area contributed by atoms with Crippen LogP contribution in [0.15, 0.2) is 18.3 Å². The third-order valence-corrected chi connectivity index (χ3v) is 3.42. The summed E-state index contributed by atoms with van der Waals surface area (Å²) in [6.07, 6.45) is 1.77. The first-order chi connectivity index (χ1) is 9.58. The van der Waals surface area contributed by atoms with Gasteiger partial charge in [0.1, 0.15) is 6.04 Å². The predicted molar refractivity (Wildman–Crippen MR) is 72.4 cm³/mol. The van der Waals surface area contributed by atoms with E-state index in [1.807, 2.05) is 0 Å². The monoisotopic (exact) mass is 298 g/mol. The second-order valence-electron chi connectivity index (χ2n) is 3.72. The van der Waals surface area contributed by atoms with Crippen LogP contribution < -0.4 is 5.32 Å². The third kappa shape index (κ3) is 4.88. The molecule has 0 aliphatic rings. The maximum absolute atomic E-state index is 11.2. The highest BCUT2D eigenvalue weighted by molar-refractivity contribution is 7.98. The normalized spacial score (nSPS) is 11.4. The molecule has 0 spiro atoms. The molecule has 108 valence electrons. The van der Waals surface area contributed by atoms with Crippen molar-refractivity contribution in [1.29, 1.82) is 0 Å². The van der Waals surface area contributed by atoms with Gasteiger partial charge in [-0.25, -0.2) is 9.59 Å². The van der Waals surface area contributed by atoms with Crippen molar-refractivity contribution >= 4 is 30.1 Å². The number of nitrogens with zero attached hydrogens (tertiary/aromatic N) is 1. The van der Waals surface area contributed by atoms with Crippen LogP contribution in [0, 0.1) is 0 Å². The summed E-state index contributed by atoms with van der Waals surface area (Å²) in [5, 5.41) is 11.0. The van der Waals surface area contributed by atoms with E-state index in [4.69, 9.17) is 5.11 Å². The number of carboxylic acids is 1. The molecule has 7 nitrogen and oxygen atoms in total. The number of esters is 1. The lowest BCUT2D eigenvalue weighted by Crippen LogP contribution is -2.37. The molecule has 0 aromatic carbocycles. The number of rotatable bonds is 8. The number of ether oxygens (including phenoxy) is 1. The van der Waals surface area contributed by atoms with Gasteiger partial charge in [-0.15, -0.1) is 0 Å². The molecule has 1 amide bonds. The van der Waals surface area contributed by atoms with E-state index in [9.17, 15) is 14.4 Å². The molecular formula is C12H14N2O5S. The Morgan fingerprint density at radius 3 is 2.80 bits per heavy atom. The summed E-state index contributed by atoms with van der Waals surface area (Å²) in [4.78, 5) is 36.3. The Balaban J connectivity index is 2.47. The molecule has 0 bridgehead atoms. The maximum atomic E-state index is 11.2. The second kappa shape index (κ2) is 8.16. The molecule has 0 aliphatic carbocycles. The number of nitrogens with one attached hydrogen (secondary N) is 1. The van der Waals surface area contributed by atoms with Crippen molar-refractivity contribution in [2.75, 3.05) is 12.9 Å². The van der Waals surface area contributed by atoms with Crippen molar-refractivity contribution < 1.29 is 24.2 Å². The molecule has 1 aromatic heterocycles. The Labute approximate surface area is 119 Å². The van der Waals surface area contributed by atoms with E-state index < -0.39 is 18.0 Å². The highest BCUT2D eigenvalue weighted by Crippen LogP contribution is 2.12. The van der Waals surface area contributed by atoms with Gasteiger partial charge in [-0.2, -0.15) is 11.8 Å². The van der Waals surface area contributed by atoms with E-state index in [1.165, 1.54) is 25.1 Å². The van der Waals surface area contributed by atoms with Crippen molar-refractivity contribution in [2.24, 2.45) is 0 Å². The van der Waals surface area contributed by atoms with Crippen molar-refractivity contribution in [3.63, 3.8) is 0 Å². The minimum Gasteiger partial charge on any atom is -0.480 e. The highest BCUT2D eigenvalue weighted by Gasteiger charge is 2.16. The van der Waals surface area contributed by atoms with E-state index in [0.717, 1.165) is 0 Å². The number of carbonyl (C=O) groups is 3. The average Bonchev–Trinajstić information content (AvgIpc) is 2.46. The summed E-state index contributed by atoms with van der Waals surface area (Å²) >= 11 is 1.32. The van der Waals surface area contributed by atoms with Gasteiger partial charge in [-0.3, -0.25) is 9.78 Å². The summed E-state index contributed by atoms with van der Waals surface area (Å²) in [7, 11) is 1.29. The van der Waals surface area contributed by atoms with Gasteiger partial charge in [0.05, 0.1) is 18.4 Å². The Morgan fingerprint density at radius 2 is 2.30 bits per heavy atom. The van der Waals surface area contributed by atoms with Gasteiger partial charge in [0.2, 0.25) is 6.41 Å². The van der Waals surface area contributed by atoms with E-state index >= 15 is 0 Å². The van der Waals surface area contributed by atoms with Gasteiger partial charge in [-0.1, -0.05) is 0 Å². The maximum Gasteiger partial charge on any atom is 0.339 e. The molecule has 2 N–H and O–H groups in total. The first-order valence-corrected chi connectivity index (χ1v) is 6.77. The number of hydrogen-bond acceptors (Lipinski definition) is 6. The first-order valence-electron chi connectivity index (χ1n) is 5.62. The van der Waals surface area contributed by atoms with Crippen molar-refractivity contribution in [3.8, 4) is 0 Å². The van der Waals surface area contributed by atoms with Crippen LogP contribution in [0.5, 0.6) is 0 Å². The van der Waals surface area contributed by atoms with E-state index in [2.05, 4.69) is 15.0 Å².